The second kappa shape index (κ2) is 10.1. The standard InChI is InChI=1S/C26H31NO2/c1-4-25(20-9-6-5-7-10-20)26(22-11-8-12-23(28)19-22)21-13-15-24(16-14-21)29-18-17-27(2)3/h5-16,19,25-26,28H,4,17-18H2,1-3H3/t25-,26+/m1/s1. The number of hydrogen-bond acceptors (Lipinski definition) is 3. The number of aromatic hydroxyl groups is 1. The summed E-state index contributed by atoms with van der Waals surface area (Å²) in [4.78, 5) is 2.11. The first-order valence-electron chi connectivity index (χ1n) is 10.3. The lowest BCUT2D eigenvalue weighted by Crippen LogP contribution is -2.19. The molecular formula is C26H31NO2. The van der Waals surface area contributed by atoms with Crippen molar-refractivity contribution in [2.75, 3.05) is 27.2 Å². The highest BCUT2D eigenvalue weighted by molar-refractivity contribution is 5.42. The highest BCUT2D eigenvalue weighted by Gasteiger charge is 2.25. The summed E-state index contributed by atoms with van der Waals surface area (Å²) in [5.41, 5.74) is 3.67. The van der Waals surface area contributed by atoms with E-state index in [1.54, 1.807) is 6.07 Å². The number of phenols is 1. The number of rotatable bonds is 9. The van der Waals surface area contributed by atoms with Gasteiger partial charge >= 0.3 is 0 Å². The van der Waals surface area contributed by atoms with E-state index in [1.807, 2.05) is 26.2 Å². The molecule has 0 aromatic heterocycles. The first kappa shape index (κ1) is 20.9. The molecule has 0 unspecified atom stereocenters. The highest BCUT2D eigenvalue weighted by atomic mass is 16.5. The van der Waals surface area contributed by atoms with Crippen molar-refractivity contribution in [3.05, 3.63) is 95.6 Å². The van der Waals surface area contributed by atoms with E-state index < -0.39 is 0 Å². The van der Waals surface area contributed by atoms with Crippen molar-refractivity contribution in [1.82, 2.24) is 4.90 Å². The Balaban J connectivity index is 1.93. The molecule has 3 heteroatoms. The Labute approximate surface area is 174 Å². The Hall–Kier alpha value is -2.78. The minimum Gasteiger partial charge on any atom is -0.508 e. The van der Waals surface area contributed by atoms with Gasteiger partial charge in [0.15, 0.2) is 0 Å². The summed E-state index contributed by atoms with van der Waals surface area (Å²) in [6, 6.07) is 26.7. The predicted octanol–water partition coefficient (Wildman–Crippen LogP) is 5.66. The molecule has 152 valence electrons. The van der Waals surface area contributed by atoms with Crippen LogP contribution in [-0.2, 0) is 0 Å². The summed E-state index contributed by atoms with van der Waals surface area (Å²) < 4.78 is 5.87. The van der Waals surface area contributed by atoms with Gasteiger partial charge in [-0.3, -0.25) is 0 Å². The predicted molar refractivity (Wildman–Crippen MR) is 120 cm³/mol. The SMILES string of the molecule is CC[C@H](c1ccccc1)[C@@H](c1ccc(OCCN(C)C)cc1)c1cccc(O)c1. The third-order valence-corrected chi connectivity index (χ3v) is 5.35. The molecule has 0 spiro atoms. The molecule has 0 fully saturated rings. The minimum absolute atomic E-state index is 0.158. The van der Waals surface area contributed by atoms with Crippen molar-refractivity contribution in [2.45, 2.75) is 25.2 Å². The van der Waals surface area contributed by atoms with Gasteiger partial charge in [0, 0.05) is 12.5 Å². The molecule has 0 aliphatic rings. The van der Waals surface area contributed by atoms with E-state index in [9.17, 15) is 5.11 Å². The summed E-state index contributed by atoms with van der Waals surface area (Å²) in [5.74, 6) is 1.67. The van der Waals surface area contributed by atoms with Gasteiger partial charge in [0.05, 0.1) is 0 Å². The number of nitrogens with zero attached hydrogens (tertiary/aromatic N) is 1. The number of phenolic OH excluding ortho intramolecular Hbond substituents is 1. The zero-order valence-corrected chi connectivity index (χ0v) is 17.6. The lowest BCUT2D eigenvalue weighted by molar-refractivity contribution is 0.261. The molecule has 0 bridgehead atoms. The summed E-state index contributed by atoms with van der Waals surface area (Å²) in [5, 5.41) is 10.1. The monoisotopic (exact) mass is 389 g/mol. The Morgan fingerprint density at radius 2 is 1.52 bits per heavy atom. The minimum atomic E-state index is 0.158. The molecule has 3 nitrogen and oxygen atoms in total. The Morgan fingerprint density at radius 1 is 0.828 bits per heavy atom. The molecule has 1 N–H and O–H groups in total. The van der Waals surface area contributed by atoms with Crippen molar-refractivity contribution < 1.29 is 9.84 Å². The molecular weight excluding hydrogens is 358 g/mol. The number of ether oxygens (including phenoxy) is 1. The maximum Gasteiger partial charge on any atom is 0.119 e. The summed E-state index contributed by atoms with van der Waals surface area (Å²) in [6.45, 7) is 3.79. The van der Waals surface area contributed by atoms with Crippen molar-refractivity contribution >= 4 is 0 Å². The van der Waals surface area contributed by atoms with Gasteiger partial charge in [-0.05, 0) is 67.4 Å². The fourth-order valence-electron chi connectivity index (χ4n) is 3.86. The molecule has 0 aliphatic carbocycles. The Bertz CT molecular complexity index is 875. The van der Waals surface area contributed by atoms with Gasteiger partial charge in [-0.2, -0.15) is 0 Å². The van der Waals surface area contributed by atoms with Crippen LogP contribution in [0.1, 0.15) is 41.9 Å². The van der Waals surface area contributed by atoms with Crippen LogP contribution in [0, 0.1) is 0 Å². The summed E-state index contributed by atoms with van der Waals surface area (Å²) in [6.07, 6.45) is 1.01. The van der Waals surface area contributed by atoms with Crippen LogP contribution >= 0.6 is 0 Å². The van der Waals surface area contributed by atoms with E-state index in [4.69, 9.17) is 4.74 Å². The van der Waals surface area contributed by atoms with Crippen LogP contribution in [0.15, 0.2) is 78.9 Å². The lowest BCUT2D eigenvalue weighted by Gasteiger charge is -2.28. The zero-order valence-electron chi connectivity index (χ0n) is 17.6. The molecule has 3 rings (SSSR count). The fraction of sp³-hybridized carbons (Fsp3) is 0.308. The lowest BCUT2D eigenvalue weighted by atomic mass is 9.76. The van der Waals surface area contributed by atoms with Gasteiger partial charge in [0.25, 0.3) is 0 Å². The average Bonchev–Trinajstić information content (AvgIpc) is 2.73. The van der Waals surface area contributed by atoms with Crippen LogP contribution in [0.5, 0.6) is 11.5 Å². The third-order valence-electron chi connectivity index (χ3n) is 5.35. The second-order valence-electron chi connectivity index (χ2n) is 7.72. The normalized spacial score (nSPS) is 13.2. The van der Waals surface area contributed by atoms with E-state index in [0.717, 1.165) is 24.3 Å². The Morgan fingerprint density at radius 3 is 2.14 bits per heavy atom. The van der Waals surface area contributed by atoms with Crippen molar-refractivity contribution in [3.63, 3.8) is 0 Å². The van der Waals surface area contributed by atoms with Gasteiger partial charge in [-0.25, -0.2) is 0 Å². The van der Waals surface area contributed by atoms with E-state index >= 15 is 0 Å². The molecule has 0 amide bonds. The van der Waals surface area contributed by atoms with Gasteiger partial charge in [-0.15, -0.1) is 0 Å². The Kier molecular flexibility index (Phi) is 7.31. The van der Waals surface area contributed by atoms with Crippen LogP contribution in [0.3, 0.4) is 0 Å². The topological polar surface area (TPSA) is 32.7 Å². The van der Waals surface area contributed by atoms with Gasteiger partial charge in [-0.1, -0.05) is 61.5 Å². The second-order valence-corrected chi connectivity index (χ2v) is 7.72. The van der Waals surface area contributed by atoms with Crippen LogP contribution in [-0.4, -0.2) is 37.3 Å². The third kappa shape index (κ3) is 5.61. The summed E-state index contributed by atoms with van der Waals surface area (Å²) in [7, 11) is 4.08. The van der Waals surface area contributed by atoms with Gasteiger partial charge in [0.2, 0.25) is 0 Å². The quantitative estimate of drug-likeness (QED) is 0.513. The van der Waals surface area contributed by atoms with Crippen molar-refractivity contribution in [3.8, 4) is 11.5 Å². The van der Waals surface area contributed by atoms with Crippen LogP contribution < -0.4 is 4.74 Å². The van der Waals surface area contributed by atoms with E-state index in [0.29, 0.717) is 18.3 Å². The molecule has 29 heavy (non-hydrogen) atoms. The zero-order chi connectivity index (χ0) is 20.6. The van der Waals surface area contributed by atoms with E-state index in [1.165, 1.54) is 11.1 Å². The number of likely N-dealkylation sites (N-methyl/N-ethyl adjacent to an activating group) is 1. The van der Waals surface area contributed by atoms with Gasteiger partial charge in [0.1, 0.15) is 18.1 Å². The van der Waals surface area contributed by atoms with Crippen LogP contribution in [0.2, 0.25) is 0 Å². The largest absolute Gasteiger partial charge is 0.508 e. The molecule has 0 saturated heterocycles. The van der Waals surface area contributed by atoms with Crippen molar-refractivity contribution in [2.24, 2.45) is 0 Å². The van der Waals surface area contributed by atoms with Crippen LogP contribution in [0.4, 0.5) is 0 Å². The van der Waals surface area contributed by atoms with E-state index in [-0.39, 0.29) is 5.92 Å². The summed E-state index contributed by atoms with van der Waals surface area (Å²) >= 11 is 0. The molecule has 2 atom stereocenters. The number of benzene rings is 3. The average molecular weight is 390 g/mol. The first-order chi connectivity index (χ1) is 14.1. The molecule has 0 aliphatic heterocycles. The van der Waals surface area contributed by atoms with E-state index in [2.05, 4.69) is 72.5 Å². The first-order valence-corrected chi connectivity index (χ1v) is 10.3. The highest BCUT2D eigenvalue weighted by Crippen LogP contribution is 2.41. The van der Waals surface area contributed by atoms with Crippen molar-refractivity contribution in [1.29, 1.82) is 0 Å². The molecule has 0 heterocycles. The molecule has 0 saturated carbocycles. The maximum atomic E-state index is 10.1. The smallest absolute Gasteiger partial charge is 0.119 e. The van der Waals surface area contributed by atoms with Crippen LogP contribution in [0.25, 0.3) is 0 Å². The van der Waals surface area contributed by atoms with Gasteiger partial charge < -0.3 is 14.7 Å². The maximum absolute atomic E-state index is 10.1. The molecule has 3 aromatic rings. The molecule has 0 radical (unpaired) electrons. The molecule has 3 aromatic carbocycles. The number of hydrogen-bond donors (Lipinski definition) is 1. The fourth-order valence-corrected chi connectivity index (χ4v) is 3.86.